The lowest BCUT2D eigenvalue weighted by molar-refractivity contribution is -0.129. The summed E-state index contributed by atoms with van der Waals surface area (Å²) in [5, 5.41) is 2.65. The summed E-state index contributed by atoms with van der Waals surface area (Å²) in [4.78, 5) is 26.1. The summed E-state index contributed by atoms with van der Waals surface area (Å²) in [6.45, 7) is 6.73. The Morgan fingerprint density at radius 2 is 1.68 bits per heavy atom. The predicted molar refractivity (Wildman–Crippen MR) is 98.5 cm³/mol. The van der Waals surface area contributed by atoms with Crippen molar-refractivity contribution in [1.29, 1.82) is 0 Å². The second kappa shape index (κ2) is 10.4. The van der Waals surface area contributed by atoms with Gasteiger partial charge in [-0.1, -0.05) is 19.9 Å². The molecule has 25 heavy (non-hydrogen) atoms. The Morgan fingerprint density at radius 1 is 1.08 bits per heavy atom. The predicted octanol–water partition coefficient (Wildman–Crippen LogP) is 2.83. The third kappa shape index (κ3) is 6.14. The highest BCUT2D eigenvalue weighted by Crippen LogP contribution is 2.28. The van der Waals surface area contributed by atoms with E-state index in [1.807, 2.05) is 13.8 Å². The van der Waals surface area contributed by atoms with E-state index in [1.54, 1.807) is 43.4 Å². The minimum absolute atomic E-state index is 0.186. The largest absolute Gasteiger partial charge is 0.493 e. The quantitative estimate of drug-likeness (QED) is 0.697. The molecule has 138 valence electrons. The van der Waals surface area contributed by atoms with Crippen LogP contribution in [-0.2, 0) is 9.59 Å². The molecule has 0 bridgehead atoms. The number of carbonyl (C=O) groups is 2. The zero-order chi connectivity index (χ0) is 18.8. The van der Waals surface area contributed by atoms with Crippen LogP contribution in [0.2, 0.25) is 0 Å². The van der Waals surface area contributed by atoms with Crippen molar-refractivity contribution in [3.05, 3.63) is 29.5 Å². The van der Waals surface area contributed by atoms with Gasteiger partial charge in [0.1, 0.15) is 5.70 Å². The van der Waals surface area contributed by atoms with Crippen LogP contribution >= 0.6 is 0 Å². The molecule has 1 N–H and O–H groups in total. The first-order valence-corrected chi connectivity index (χ1v) is 8.47. The van der Waals surface area contributed by atoms with Crippen molar-refractivity contribution in [1.82, 2.24) is 10.2 Å². The fourth-order valence-electron chi connectivity index (χ4n) is 2.48. The van der Waals surface area contributed by atoms with Crippen LogP contribution in [0, 0.1) is 0 Å². The number of methoxy groups -OCH3 is 2. The van der Waals surface area contributed by atoms with Crippen molar-refractivity contribution in [2.24, 2.45) is 0 Å². The molecule has 1 aromatic carbocycles. The molecule has 0 saturated heterocycles. The van der Waals surface area contributed by atoms with Gasteiger partial charge in [0.05, 0.1) is 14.2 Å². The highest BCUT2D eigenvalue weighted by molar-refractivity contribution is 6.01. The molecule has 0 saturated carbocycles. The van der Waals surface area contributed by atoms with Gasteiger partial charge in [0.2, 0.25) is 5.91 Å². The average molecular weight is 348 g/mol. The van der Waals surface area contributed by atoms with Crippen LogP contribution in [0.4, 0.5) is 0 Å². The van der Waals surface area contributed by atoms with E-state index in [9.17, 15) is 9.59 Å². The smallest absolute Gasteiger partial charge is 0.270 e. The Morgan fingerprint density at radius 3 is 2.16 bits per heavy atom. The Bertz CT molecular complexity index is 620. The van der Waals surface area contributed by atoms with Crippen LogP contribution in [-0.4, -0.2) is 44.0 Å². The highest BCUT2D eigenvalue weighted by Gasteiger charge is 2.18. The van der Waals surface area contributed by atoms with E-state index < -0.39 is 0 Å². The van der Waals surface area contributed by atoms with Crippen LogP contribution in [0.1, 0.15) is 39.2 Å². The van der Waals surface area contributed by atoms with E-state index in [2.05, 4.69) is 5.32 Å². The van der Waals surface area contributed by atoms with E-state index >= 15 is 0 Å². The van der Waals surface area contributed by atoms with Crippen LogP contribution in [0.25, 0.3) is 6.08 Å². The number of hydrogen-bond acceptors (Lipinski definition) is 4. The summed E-state index contributed by atoms with van der Waals surface area (Å²) in [5.41, 5.74) is 0.990. The summed E-state index contributed by atoms with van der Waals surface area (Å²) in [6.07, 6.45) is 3.37. The minimum Gasteiger partial charge on any atom is -0.493 e. The van der Waals surface area contributed by atoms with E-state index in [4.69, 9.17) is 9.47 Å². The summed E-state index contributed by atoms with van der Waals surface area (Å²) < 4.78 is 10.5. The van der Waals surface area contributed by atoms with Crippen molar-refractivity contribution in [2.45, 2.75) is 33.6 Å². The van der Waals surface area contributed by atoms with Crippen LogP contribution in [0.3, 0.4) is 0 Å². The summed E-state index contributed by atoms with van der Waals surface area (Å²) >= 11 is 0. The first-order chi connectivity index (χ1) is 12.0. The standard InChI is InChI=1S/C19H28N2O4/c1-6-10-21(11-7-2)19(23)16(20-14(3)22)12-15-8-9-17(24-4)18(13-15)25-5/h8-9,12-13H,6-7,10-11H2,1-5H3,(H,20,22)/b16-12+. The molecule has 0 aromatic heterocycles. The van der Waals surface area contributed by atoms with Gasteiger partial charge in [0.25, 0.3) is 5.91 Å². The van der Waals surface area contributed by atoms with Crippen molar-refractivity contribution in [3.8, 4) is 11.5 Å². The lowest BCUT2D eigenvalue weighted by Gasteiger charge is -2.23. The summed E-state index contributed by atoms with van der Waals surface area (Å²) in [7, 11) is 3.11. The maximum absolute atomic E-state index is 12.8. The van der Waals surface area contributed by atoms with E-state index in [0.717, 1.165) is 18.4 Å². The molecule has 0 unspecified atom stereocenters. The molecule has 2 amide bonds. The number of nitrogens with zero attached hydrogens (tertiary/aromatic N) is 1. The lowest BCUT2D eigenvalue weighted by Crippen LogP contribution is -2.38. The van der Waals surface area contributed by atoms with Crippen LogP contribution in [0.15, 0.2) is 23.9 Å². The van der Waals surface area contributed by atoms with Gasteiger partial charge in [0, 0.05) is 20.0 Å². The van der Waals surface area contributed by atoms with E-state index in [0.29, 0.717) is 24.6 Å². The van der Waals surface area contributed by atoms with Crippen LogP contribution < -0.4 is 14.8 Å². The van der Waals surface area contributed by atoms with Gasteiger partial charge in [-0.15, -0.1) is 0 Å². The van der Waals surface area contributed by atoms with Crippen molar-refractivity contribution >= 4 is 17.9 Å². The molecule has 0 aliphatic heterocycles. The number of benzene rings is 1. The van der Waals surface area contributed by atoms with Gasteiger partial charge < -0.3 is 19.7 Å². The summed E-state index contributed by atoms with van der Waals surface area (Å²) in [6, 6.07) is 5.33. The maximum Gasteiger partial charge on any atom is 0.270 e. The summed E-state index contributed by atoms with van der Waals surface area (Å²) in [5.74, 6) is 0.692. The van der Waals surface area contributed by atoms with E-state index in [-0.39, 0.29) is 17.5 Å². The number of rotatable bonds is 9. The zero-order valence-electron chi connectivity index (χ0n) is 15.7. The lowest BCUT2D eigenvalue weighted by atomic mass is 10.1. The molecule has 0 fully saturated rings. The third-order valence-electron chi connectivity index (χ3n) is 3.53. The minimum atomic E-state index is -0.284. The number of amides is 2. The Hall–Kier alpha value is -2.50. The molecule has 6 nitrogen and oxygen atoms in total. The van der Waals surface area contributed by atoms with E-state index in [1.165, 1.54) is 6.92 Å². The van der Waals surface area contributed by atoms with Gasteiger partial charge in [0.15, 0.2) is 11.5 Å². The average Bonchev–Trinajstić information content (AvgIpc) is 2.59. The molecule has 0 atom stereocenters. The van der Waals surface area contributed by atoms with Gasteiger partial charge in [-0.3, -0.25) is 9.59 Å². The molecule has 0 radical (unpaired) electrons. The second-order valence-corrected chi connectivity index (χ2v) is 5.65. The molecule has 0 spiro atoms. The number of ether oxygens (including phenoxy) is 2. The Balaban J connectivity index is 3.22. The molecular weight excluding hydrogens is 320 g/mol. The topological polar surface area (TPSA) is 67.9 Å². The monoisotopic (exact) mass is 348 g/mol. The molecule has 1 aromatic rings. The van der Waals surface area contributed by atoms with Crippen molar-refractivity contribution < 1.29 is 19.1 Å². The fourth-order valence-corrected chi connectivity index (χ4v) is 2.48. The third-order valence-corrected chi connectivity index (χ3v) is 3.53. The highest BCUT2D eigenvalue weighted by atomic mass is 16.5. The van der Waals surface area contributed by atoms with Crippen LogP contribution in [0.5, 0.6) is 11.5 Å². The molecule has 0 aliphatic carbocycles. The van der Waals surface area contributed by atoms with Crippen molar-refractivity contribution in [3.63, 3.8) is 0 Å². The second-order valence-electron chi connectivity index (χ2n) is 5.65. The molecule has 0 aliphatic rings. The normalized spacial score (nSPS) is 11.0. The Kier molecular flexibility index (Phi) is 8.53. The zero-order valence-corrected chi connectivity index (χ0v) is 15.7. The SMILES string of the molecule is CCCN(CCC)C(=O)/C(=C\c1ccc(OC)c(OC)c1)NC(C)=O. The molecule has 0 heterocycles. The van der Waals surface area contributed by atoms with Gasteiger partial charge in [-0.25, -0.2) is 0 Å². The molecular formula is C19H28N2O4. The van der Waals surface area contributed by atoms with Gasteiger partial charge in [-0.2, -0.15) is 0 Å². The molecule has 1 rings (SSSR count). The first-order valence-electron chi connectivity index (χ1n) is 8.47. The fraction of sp³-hybridized carbons (Fsp3) is 0.474. The first kappa shape index (κ1) is 20.5. The molecule has 6 heteroatoms. The van der Waals surface area contributed by atoms with Gasteiger partial charge >= 0.3 is 0 Å². The number of nitrogens with one attached hydrogen (secondary N) is 1. The van der Waals surface area contributed by atoms with Gasteiger partial charge in [-0.05, 0) is 36.6 Å². The maximum atomic E-state index is 12.8. The number of hydrogen-bond donors (Lipinski definition) is 1. The Labute approximate surface area is 149 Å². The number of carbonyl (C=O) groups excluding carboxylic acids is 2. The van der Waals surface area contributed by atoms with Crippen molar-refractivity contribution in [2.75, 3.05) is 27.3 Å².